The van der Waals surface area contributed by atoms with Gasteiger partial charge in [0.25, 0.3) is 5.91 Å². The van der Waals surface area contributed by atoms with Crippen molar-refractivity contribution in [3.05, 3.63) is 78.1 Å². The zero-order valence-electron chi connectivity index (χ0n) is 15.0. The fourth-order valence-electron chi connectivity index (χ4n) is 3.18. The molecule has 0 N–H and O–H groups in total. The number of benzene rings is 2. The molecule has 4 rings (SSSR count). The molecular weight excluding hydrogens is 361 g/mol. The Morgan fingerprint density at radius 3 is 2.32 bits per heavy atom. The van der Waals surface area contributed by atoms with Crippen molar-refractivity contribution in [2.24, 2.45) is 0 Å². The number of hydrogen-bond acceptors (Lipinski definition) is 4. The van der Waals surface area contributed by atoms with Gasteiger partial charge in [-0.05, 0) is 61.4 Å². The van der Waals surface area contributed by atoms with Gasteiger partial charge in [-0.25, -0.2) is 14.2 Å². The van der Waals surface area contributed by atoms with Crippen LogP contribution in [-0.2, 0) is 0 Å². The zero-order valence-corrected chi connectivity index (χ0v) is 15.0. The number of esters is 1. The topological polar surface area (TPSA) is 64.4 Å². The van der Waals surface area contributed by atoms with Crippen molar-refractivity contribution in [2.75, 3.05) is 13.1 Å². The summed E-state index contributed by atoms with van der Waals surface area (Å²) in [6, 6.07) is 12.2. The first-order valence-electron chi connectivity index (χ1n) is 9.01. The number of ether oxygens (including phenoxy) is 1. The highest BCUT2D eigenvalue weighted by Gasteiger charge is 2.20. The molecule has 1 aliphatic rings. The van der Waals surface area contributed by atoms with E-state index in [0.29, 0.717) is 17.0 Å². The summed E-state index contributed by atoms with van der Waals surface area (Å²) in [6.07, 6.45) is 4.91. The van der Waals surface area contributed by atoms with Gasteiger partial charge in [0.2, 0.25) is 0 Å². The van der Waals surface area contributed by atoms with Crippen molar-refractivity contribution in [3.8, 4) is 11.4 Å². The number of likely N-dealkylation sites (tertiary alicyclic amines) is 1. The number of carbonyl (C=O) groups excluding carboxylic acids is 2. The summed E-state index contributed by atoms with van der Waals surface area (Å²) in [7, 11) is 0. The molecule has 28 heavy (non-hydrogen) atoms. The van der Waals surface area contributed by atoms with E-state index < -0.39 is 5.97 Å². The fraction of sp³-hybridized carbons (Fsp3) is 0.190. The lowest BCUT2D eigenvalue weighted by Crippen LogP contribution is -2.27. The van der Waals surface area contributed by atoms with Crippen molar-refractivity contribution in [1.82, 2.24) is 14.5 Å². The molecule has 2 aromatic carbocycles. The average Bonchev–Trinajstić information content (AvgIpc) is 3.41. The number of hydrogen-bond donors (Lipinski definition) is 0. The summed E-state index contributed by atoms with van der Waals surface area (Å²) in [5.41, 5.74) is 1.37. The van der Waals surface area contributed by atoms with E-state index in [2.05, 4.69) is 4.98 Å². The molecule has 1 amide bonds. The van der Waals surface area contributed by atoms with Gasteiger partial charge in [0.15, 0.2) is 5.69 Å². The van der Waals surface area contributed by atoms with Gasteiger partial charge in [0.05, 0.1) is 12.5 Å². The van der Waals surface area contributed by atoms with Gasteiger partial charge in [0.1, 0.15) is 11.6 Å². The maximum Gasteiger partial charge on any atom is 0.362 e. The molecule has 0 atom stereocenters. The normalized spacial score (nSPS) is 13.5. The molecule has 3 aromatic rings. The Kier molecular flexibility index (Phi) is 4.89. The summed E-state index contributed by atoms with van der Waals surface area (Å²) in [5.74, 6) is -0.642. The monoisotopic (exact) mass is 379 g/mol. The maximum atomic E-state index is 13.1. The Balaban J connectivity index is 1.48. The molecule has 0 radical (unpaired) electrons. The molecule has 7 heteroatoms. The van der Waals surface area contributed by atoms with Crippen molar-refractivity contribution < 1.29 is 18.7 Å². The predicted octanol–water partition coefficient (Wildman–Crippen LogP) is 3.47. The van der Waals surface area contributed by atoms with Crippen LogP contribution in [0.15, 0.2) is 61.1 Å². The first kappa shape index (κ1) is 17.9. The van der Waals surface area contributed by atoms with Gasteiger partial charge in [-0.1, -0.05) is 0 Å². The van der Waals surface area contributed by atoms with Crippen molar-refractivity contribution in [2.45, 2.75) is 12.8 Å². The minimum absolute atomic E-state index is 0.00948. The zero-order chi connectivity index (χ0) is 19.5. The fourth-order valence-corrected chi connectivity index (χ4v) is 3.18. The SMILES string of the molecule is O=C(Oc1ccc(C(=O)N2CCCC2)cc1)c1cncn1-c1ccc(F)cc1. The van der Waals surface area contributed by atoms with Crippen molar-refractivity contribution in [1.29, 1.82) is 0 Å². The highest BCUT2D eigenvalue weighted by atomic mass is 19.1. The molecule has 0 spiro atoms. The van der Waals surface area contributed by atoms with Crippen LogP contribution >= 0.6 is 0 Å². The Morgan fingerprint density at radius 1 is 0.964 bits per heavy atom. The molecule has 6 nitrogen and oxygen atoms in total. The number of aromatic nitrogens is 2. The Labute approximate surface area is 161 Å². The second kappa shape index (κ2) is 7.64. The van der Waals surface area contributed by atoms with Gasteiger partial charge in [-0.15, -0.1) is 0 Å². The number of amides is 1. The van der Waals surface area contributed by atoms with Crippen LogP contribution in [0.4, 0.5) is 4.39 Å². The maximum absolute atomic E-state index is 13.1. The molecule has 1 saturated heterocycles. The third-order valence-corrected chi connectivity index (χ3v) is 4.66. The van der Waals surface area contributed by atoms with Gasteiger partial charge in [-0.3, -0.25) is 9.36 Å². The highest BCUT2D eigenvalue weighted by molar-refractivity contribution is 5.94. The molecule has 1 fully saturated rings. The Morgan fingerprint density at radius 2 is 1.64 bits per heavy atom. The third kappa shape index (κ3) is 3.64. The summed E-state index contributed by atoms with van der Waals surface area (Å²) in [4.78, 5) is 30.7. The molecule has 1 aliphatic heterocycles. The van der Waals surface area contributed by atoms with E-state index in [-0.39, 0.29) is 17.4 Å². The molecule has 0 saturated carbocycles. The number of nitrogens with zero attached hydrogens (tertiary/aromatic N) is 3. The molecule has 142 valence electrons. The van der Waals surface area contributed by atoms with Crippen LogP contribution in [0.1, 0.15) is 33.7 Å². The quantitative estimate of drug-likeness (QED) is 0.514. The van der Waals surface area contributed by atoms with E-state index in [1.165, 1.54) is 29.2 Å². The lowest BCUT2D eigenvalue weighted by Gasteiger charge is -2.15. The van der Waals surface area contributed by atoms with Crippen LogP contribution in [0, 0.1) is 5.82 Å². The van der Waals surface area contributed by atoms with Gasteiger partial charge in [-0.2, -0.15) is 0 Å². The second-order valence-corrected chi connectivity index (χ2v) is 6.54. The molecule has 0 aliphatic carbocycles. The summed E-state index contributed by atoms with van der Waals surface area (Å²) in [6.45, 7) is 1.56. The van der Waals surface area contributed by atoms with Crippen molar-refractivity contribution in [3.63, 3.8) is 0 Å². The lowest BCUT2D eigenvalue weighted by atomic mass is 10.2. The average molecular weight is 379 g/mol. The number of carbonyl (C=O) groups is 2. The van der Waals surface area contributed by atoms with Crippen molar-refractivity contribution >= 4 is 11.9 Å². The van der Waals surface area contributed by atoms with Gasteiger partial charge < -0.3 is 9.64 Å². The Hall–Kier alpha value is -3.48. The highest BCUT2D eigenvalue weighted by Crippen LogP contribution is 2.19. The van der Waals surface area contributed by atoms with Crippen LogP contribution in [0.3, 0.4) is 0 Å². The van der Waals surface area contributed by atoms with E-state index in [1.807, 2.05) is 4.90 Å². The first-order valence-corrected chi connectivity index (χ1v) is 9.01. The van der Waals surface area contributed by atoms with Crippen LogP contribution in [0.5, 0.6) is 5.75 Å². The van der Waals surface area contributed by atoms with E-state index >= 15 is 0 Å². The van der Waals surface area contributed by atoms with Crippen LogP contribution in [0.2, 0.25) is 0 Å². The molecular formula is C21H18FN3O3. The number of imidazole rings is 1. The minimum Gasteiger partial charge on any atom is -0.422 e. The Bertz CT molecular complexity index is 990. The summed E-state index contributed by atoms with van der Waals surface area (Å²) >= 11 is 0. The van der Waals surface area contributed by atoms with Crippen LogP contribution < -0.4 is 4.74 Å². The largest absolute Gasteiger partial charge is 0.422 e. The summed E-state index contributed by atoms with van der Waals surface area (Å²) in [5, 5.41) is 0. The molecule has 2 heterocycles. The number of halogens is 1. The summed E-state index contributed by atoms with van der Waals surface area (Å²) < 4.78 is 20.0. The number of rotatable bonds is 4. The smallest absolute Gasteiger partial charge is 0.362 e. The van der Waals surface area contributed by atoms with E-state index in [4.69, 9.17) is 4.74 Å². The second-order valence-electron chi connectivity index (χ2n) is 6.54. The minimum atomic E-state index is -0.597. The molecule has 1 aromatic heterocycles. The first-order chi connectivity index (χ1) is 13.6. The van der Waals surface area contributed by atoms with Crippen LogP contribution in [0.25, 0.3) is 5.69 Å². The standard InChI is InChI=1S/C21H18FN3O3/c22-16-5-7-17(8-6-16)25-14-23-13-19(25)21(27)28-18-9-3-15(4-10-18)20(26)24-11-1-2-12-24/h3-10,13-14H,1-2,11-12H2. The predicted molar refractivity (Wildman–Crippen MR) is 100 cm³/mol. The lowest BCUT2D eigenvalue weighted by molar-refractivity contribution is 0.0726. The van der Waals surface area contributed by atoms with Gasteiger partial charge >= 0.3 is 5.97 Å². The molecule has 0 unspecified atom stereocenters. The van der Waals surface area contributed by atoms with Gasteiger partial charge in [0, 0.05) is 24.3 Å². The molecule has 0 bridgehead atoms. The van der Waals surface area contributed by atoms with E-state index in [9.17, 15) is 14.0 Å². The third-order valence-electron chi connectivity index (χ3n) is 4.66. The van der Waals surface area contributed by atoms with E-state index in [1.54, 1.807) is 36.4 Å². The van der Waals surface area contributed by atoms with E-state index in [0.717, 1.165) is 25.9 Å². The van der Waals surface area contributed by atoms with Crippen LogP contribution in [-0.4, -0.2) is 39.4 Å².